The number of rotatable bonds is 7. The molecule has 0 fully saturated rings. The van der Waals surface area contributed by atoms with E-state index in [1.54, 1.807) is 24.3 Å². The second-order valence-electron chi connectivity index (χ2n) is 6.97. The van der Waals surface area contributed by atoms with Gasteiger partial charge < -0.3 is 10.1 Å². The topological polar surface area (TPSA) is 68.3 Å². The van der Waals surface area contributed by atoms with Crippen LogP contribution in [0.2, 0.25) is 0 Å². The van der Waals surface area contributed by atoms with Gasteiger partial charge in [-0.1, -0.05) is 60.3 Å². The van der Waals surface area contributed by atoms with Crippen molar-refractivity contribution in [2.45, 2.75) is 10.7 Å². The van der Waals surface area contributed by atoms with Crippen molar-refractivity contribution in [2.24, 2.45) is 0 Å². The number of carbonyl (C=O) groups excluding carboxylic acids is 2. The summed E-state index contributed by atoms with van der Waals surface area (Å²) in [4.78, 5) is 30.1. The highest BCUT2D eigenvalue weighted by Gasteiger charge is 2.16. The third-order valence-electron chi connectivity index (χ3n) is 4.70. The lowest BCUT2D eigenvalue weighted by molar-refractivity contribution is -0.119. The maximum Gasteiger partial charge on any atom is 0.339 e. The van der Waals surface area contributed by atoms with Crippen LogP contribution in [0.3, 0.4) is 0 Å². The Labute approximate surface area is 192 Å². The minimum absolute atomic E-state index is 0.306. The highest BCUT2D eigenvalue weighted by atomic mass is 32.2. The van der Waals surface area contributed by atoms with Crippen LogP contribution in [0.4, 0.5) is 14.5 Å². The predicted molar refractivity (Wildman–Crippen MR) is 124 cm³/mol. The molecular weight excluding hydrogens is 446 g/mol. The van der Waals surface area contributed by atoms with Gasteiger partial charge >= 0.3 is 5.97 Å². The zero-order valence-electron chi connectivity index (χ0n) is 17.2. The Morgan fingerprint density at radius 1 is 0.939 bits per heavy atom. The van der Waals surface area contributed by atoms with Gasteiger partial charge in [-0.2, -0.15) is 8.78 Å². The Kier molecular flexibility index (Phi) is 6.95. The third kappa shape index (κ3) is 5.72. The largest absolute Gasteiger partial charge is 0.452 e. The second kappa shape index (κ2) is 10.2. The number of nitrogens with zero attached hydrogens (tertiary/aromatic N) is 1. The average molecular weight is 464 g/mol. The van der Waals surface area contributed by atoms with Crippen molar-refractivity contribution in [1.82, 2.24) is 4.98 Å². The van der Waals surface area contributed by atoms with E-state index in [-0.39, 0.29) is 0 Å². The molecule has 4 aromatic rings. The van der Waals surface area contributed by atoms with Crippen molar-refractivity contribution in [3.63, 3.8) is 0 Å². The minimum Gasteiger partial charge on any atom is -0.452 e. The second-order valence-corrected chi connectivity index (χ2v) is 8.03. The smallest absolute Gasteiger partial charge is 0.339 e. The molecular formula is C25H18F2N2O3S. The number of thioether (sulfide) groups is 1. The number of aromatic nitrogens is 1. The highest BCUT2D eigenvalue weighted by Crippen LogP contribution is 2.27. The molecule has 4 rings (SSSR count). The lowest BCUT2D eigenvalue weighted by Crippen LogP contribution is -2.21. The van der Waals surface area contributed by atoms with Gasteiger partial charge in [-0.3, -0.25) is 4.79 Å². The maximum absolute atomic E-state index is 12.8. The first-order valence-electron chi connectivity index (χ1n) is 9.96. The van der Waals surface area contributed by atoms with Gasteiger partial charge in [-0.05, 0) is 36.4 Å². The van der Waals surface area contributed by atoms with Gasteiger partial charge in [-0.15, -0.1) is 0 Å². The van der Waals surface area contributed by atoms with Crippen molar-refractivity contribution in [2.75, 3.05) is 11.9 Å². The van der Waals surface area contributed by atoms with E-state index in [9.17, 15) is 18.4 Å². The van der Waals surface area contributed by atoms with Crippen molar-refractivity contribution >= 4 is 40.2 Å². The molecule has 166 valence electrons. The first-order chi connectivity index (χ1) is 16.0. The normalized spacial score (nSPS) is 10.9. The number of amides is 1. The number of pyridine rings is 1. The first-order valence-corrected chi connectivity index (χ1v) is 10.8. The van der Waals surface area contributed by atoms with Crippen molar-refractivity contribution in [3.05, 3.63) is 90.5 Å². The van der Waals surface area contributed by atoms with E-state index in [0.717, 1.165) is 5.56 Å². The lowest BCUT2D eigenvalue weighted by atomic mass is 10.0. The van der Waals surface area contributed by atoms with E-state index < -0.39 is 24.2 Å². The Hall–Kier alpha value is -3.78. The van der Waals surface area contributed by atoms with Crippen LogP contribution in [0.1, 0.15) is 10.4 Å². The van der Waals surface area contributed by atoms with Gasteiger partial charge in [0.25, 0.3) is 11.7 Å². The number of nitrogens with one attached hydrogen (secondary N) is 1. The van der Waals surface area contributed by atoms with Crippen LogP contribution in [0.25, 0.3) is 22.2 Å². The third-order valence-corrected chi connectivity index (χ3v) is 5.43. The summed E-state index contributed by atoms with van der Waals surface area (Å²) in [5.41, 5.74) is 2.82. The van der Waals surface area contributed by atoms with E-state index in [1.807, 2.05) is 36.4 Å². The Morgan fingerprint density at radius 3 is 2.36 bits per heavy atom. The standard InChI is InChI=1S/C25H18F2N2O3S/c26-25(27)33-18-12-10-17(11-13-18)28-23(30)15-32-24(31)20-14-22(16-6-2-1-3-7-16)29-21-9-5-4-8-19(20)21/h1-14,25H,15H2,(H,28,30). The number of hydrogen-bond donors (Lipinski definition) is 1. The molecule has 0 unspecified atom stereocenters. The number of halogens is 2. The van der Waals surface area contributed by atoms with Crippen LogP contribution in [-0.2, 0) is 9.53 Å². The summed E-state index contributed by atoms with van der Waals surface area (Å²) in [5.74, 6) is -3.71. The maximum atomic E-state index is 12.8. The number of benzene rings is 3. The molecule has 3 aromatic carbocycles. The number of anilines is 1. The molecule has 1 amide bonds. The van der Waals surface area contributed by atoms with Gasteiger partial charge in [0.2, 0.25) is 0 Å². The van der Waals surface area contributed by atoms with E-state index in [1.165, 1.54) is 24.3 Å². The number of carbonyl (C=O) groups is 2. The van der Waals surface area contributed by atoms with Crippen molar-refractivity contribution in [1.29, 1.82) is 0 Å². The van der Waals surface area contributed by atoms with Crippen LogP contribution in [0, 0.1) is 0 Å². The zero-order valence-corrected chi connectivity index (χ0v) is 18.0. The summed E-state index contributed by atoms with van der Waals surface area (Å²) in [5, 5.41) is 3.20. The number of hydrogen-bond acceptors (Lipinski definition) is 5. The van der Waals surface area contributed by atoms with E-state index >= 15 is 0 Å². The lowest BCUT2D eigenvalue weighted by Gasteiger charge is -2.11. The number of para-hydroxylation sites is 1. The molecule has 8 heteroatoms. The average Bonchev–Trinajstić information content (AvgIpc) is 2.83. The van der Waals surface area contributed by atoms with E-state index in [2.05, 4.69) is 10.3 Å². The molecule has 1 aromatic heterocycles. The Bertz CT molecular complexity index is 1280. The predicted octanol–water partition coefficient (Wildman–Crippen LogP) is 6.01. The molecule has 1 heterocycles. The van der Waals surface area contributed by atoms with Gasteiger partial charge in [0.15, 0.2) is 6.61 Å². The SMILES string of the molecule is O=C(COC(=O)c1cc(-c2ccccc2)nc2ccccc12)Nc1ccc(SC(F)F)cc1. The molecule has 0 radical (unpaired) electrons. The van der Waals surface area contributed by atoms with Gasteiger partial charge in [0.1, 0.15) is 0 Å². The van der Waals surface area contributed by atoms with Crippen LogP contribution in [0.5, 0.6) is 0 Å². The van der Waals surface area contributed by atoms with Crippen LogP contribution in [0.15, 0.2) is 89.8 Å². The highest BCUT2D eigenvalue weighted by molar-refractivity contribution is 7.99. The monoisotopic (exact) mass is 464 g/mol. The van der Waals surface area contributed by atoms with Crippen LogP contribution in [-0.4, -0.2) is 29.2 Å². The van der Waals surface area contributed by atoms with Crippen LogP contribution < -0.4 is 5.32 Å². The van der Waals surface area contributed by atoms with Crippen molar-refractivity contribution < 1.29 is 23.1 Å². The molecule has 33 heavy (non-hydrogen) atoms. The molecule has 0 aliphatic heterocycles. The molecule has 1 N–H and O–H groups in total. The molecule has 0 aliphatic rings. The summed E-state index contributed by atoms with van der Waals surface area (Å²) in [6.07, 6.45) is 0. The fraction of sp³-hybridized carbons (Fsp3) is 0.0800. The molecule has 0 saturated heterocycles. The number of esters is 1. The molecule has 0 bridgehead atoms. The summed E-state index contributed by atoms with van der Waals surface area (Å²) < 4.78 is 30.1. The van der Waals surface area contributed by atoms with E-state index in [4.69, 9.17) is 4.74 Å². The molecule has 0 atom stereocenters. The summed E-state index contributed by atoms with van der Waals surface area (Å²) in [6.45, 7) is -0.496. The number of alkyl halides is 2. The molecule has 0 aliphatic carbocycles. The fourth-order valence-corrected chi connectivity index (χ4v) is 3.73. The molecule has 0 saturated carbocycles. The first kappa shape index (κ1) is 22.4. The Balaban J connectivity index is 1.47. The van der Waals surface area contributed by atoms with Gasteiger partial charge in [0.05, 0.1) is 16.8 Å². The summed E-state index contributed by atoms with van der Waals surface area (Å²) >= 11 is 0.418. The fourth-order valence-electron chi connectivity index (χ4n) is 3.23. The van der Waals surface area contributed by atoms with Gasteiger partial charge in [-0.25, -0.2) is 9.78 Å². The number of ether oxygens (including phenoxy) is 1. The Morgan fingerprint density at radius 2 is 1.64 bits per heavy atom. The summed E-state index contributed by atoms with van der Waals surface area (Å²) in [7, 11) is 0. The van der Waals surface area contributed by atoms with Crippen molar-refractivity contribution in [3.8, 4) is 11.3 Å². The zero-order chi connectivity index (χ0) is 23.2. The van der Waals surface area contributed by atoms with Crippen LogP contribution >= 0.6 is 11.8 Å². The van der Waals surface area contributed by atoms with Gasteiger partial charge in [0, 0.05) is 21.5 Å². The molecule has 5 nitrogen and oxygen atoms in total. The number of fused-ring (bicyclic) bond motifs is 1. The minimum atomic E-state index is -2.52. The quantitative estimate of drug-likeness (QED) is 0.268. The molecule has 0 spiro atoms. The summed E-state index contributed by atoms with van der Waals surface area (Å²) in [6, 6.07) is 24.3. The van der Waals surface area contributed by atoms with E-state index in [0.29, 0.717) is 44.5 Å².